The normalized spacial score (nSPS) is 14.7. The third-order valence-corrected chi connectivity index (χ3v) is 9.18. The summed E-state index contributed by atoms with van der Waals surface area (Å²) in [5.41, 5.74) is 2.42. The third-order valence-electron chi connectivity index (χ3n) is 6.79. The maximum atomic E-state index is 14.0. The van der Waals surface area contributed by atoms with Gasteiger partial charge in [-0.25, -0.2) is 9.79 Å². The molecule has 1 aromatic heterocycles. The van der Waals surface area contributed by atoms with Crippen LogP contribution in [0, 0.1) is 3.57 Å². The Morgan fingerprint density at radius 2 is 1.81 bits per heavy atom. The highest BCUT2D eigenvalue weighted by atomic mass is 127. The Bertz CT molecular complexity index is 1950. The van der Waals surface area contributed by atoms with Crippen LogP contribution in [-0.4, -0.2) is 31.9 Å². The summed E-state index contributed by atoms with van der Waals surface area (Å²) in [5.74, 6) is 0.928. The van der Waals surface area contributed by atoms with Gasteiger partial charge in [0.25, 0.3) is 5.56 Å². The maximum Gasteiger partial charge on any atom is 0.338 e. The fourth-order valence-corrected chi connectivity index (χ4v) is 6.98. The van der Waals surface area contributed by atoms with Crippen LogP contribution >= 0.6 is 57.1 Å². The van der Waals surface area contributed by atoms with Gasteiger partial charge in [-0.3, -0.25) is 9.36 Å². The molecule has 1 aliphatic rings. The molecular formula is C31H25Cl2IN2O6S. The minimum Gasteiger partial charge on any atom is -0.496 e. The Labute approximate surface area is 274 Å². The zero-order valence-corrected chi connectivity index (χ0v) is 27.9. The molecule has 5 rings (SSSR count). The number of ether oxygens (including phenoxy) is 4. The number of nitrogens with zero attached hydrogens (tertiary/aromatic N) is 2. The Balaban J connectivity index is 1.62. The Hall–Kier alpha value is -3.32. The van der Waals surface area contributed by atoms with Crippen LogP contribution in [-0.2, 0) is 16.1 Å². The molecule has 0 saturated heterocycles. The van der Waals surface area contributed by atoms with Gasteiger partial charge in [-0.15, -0.1) is 0 Å². The van der Waals surface area contributed by atoms with E-state index in [1.807, 2.05) is 30.3 Å². The zero-order chi connectivity index (χ0) is 30.8. The van der Waals surface area contributed by atoms with Crippen LogP contribution in [0.4, 0.5) is 0 Å². The van der Waals surface area contributed by atoms with E-state index in [1.165, 1.54) is 30.1 Å². The molecule has 0 N–H and O–H groups in total. The first-order valence-electron chi connectivity index (χ1n) is 12.8. The van der Waals surface area contributed by atoms with Crippen molar-refractivity contribution in [1.29, 1.82) is 0 Å². The van der Waals surface area contributed by atoms with Crippen molar-refractivity contribution in [3.63, 3.8) is 0 Å². The van der Waals surface area contributed by atoms with Crippen molar-refractivity contribution >= 4 is 69.2 Å². The molecule has 1 aliphatic heterocycles. The molecule has 0 bridgehead atoms. The van der Waals surface area contributed by atoms with Crippen molar-refractivity contribution in [2.75, 3.05) is 21.3 Å². The van der Waals surface area contributed by atoms with Gasteiger partial charge in [0.2, 0.25) is 0 Å². The highest BCUT2D eigenvalue weighted by Gasteiger charge is 2.35. The molecule has 0 saturated carbocycles. The summed E-state index contributed by atoms with van der Waals surface area (Å²) in [6.07, 6.45) is 1.76. The first-order valence-corrected chi connectivity index (χ1v) is 15.5. The number of hydrogen-bond donors (Lipinski definition) is 0. The van der Waals surface area contributed by atoms with Crippen LogP contribution in [0.3, 0.4) is 0 Å². The quantitative estimate of drug-likeness (QED) is 0.164. The Kier molecular flexibility index (Phi) is 9.50. The van der Waals surface area contributed by atoms with E-state index in [0.29, 0.717) is 47.9 Å². The molecular weight excluding hydrogens is 726 g/mol. The number of carbonyl (C=O) groups is 1. The number of methoxy groups -OCH3 is 3. The smallest absolute Gasteiger partial charge is 0.338 e. The van der Waals surface area contributed by atoms with Crippen LogP contribution < -0.4 is 29.1 Å². The topological polar surface area (TPSA) is 88.4 Å². The number of carbonyl (C=O) groups excluding carboxylic acids is 1. The summed E-state index contributed by atoms with van der Waals surface area (Å²) >= 11 is 16.0. The number of thiazole rings is 1. The second-order valence-corrected chi connectivity index (χ2v) is 12.4. The minimum atomic E-state index is -0.866. The molecule has 3 aromatic carbocycles. The second-order valence-electron chi connectivity index (χ2n) is 9.37. The molecule has 0 radical (unpaired) electrons. The molecule has 0 unspecified atom stereocenters. The molecule has 2 heterocycles. The Morgan fingerprint density at radius 3 is 2.51 bits per heavy atom. The van der Waals surface area contributed by atoms with E-state index in [1.54, 1.807) is 44.4 Å². The van der Waals surface area contributed by atoms with E-state index in [2.05, 4.69) is 27.6 Å². The number of fused-ring (bicyclic) bond motifs is 1. The lowest BCUT2D eigenvalue weighted by atomic mass is 9.95. The van der Waals surface area contributed by atoms with E-state index >= 15 is 0 Å². The van der Waals surface area contributed by atoms with Gasteiger partial charge < -0.3 is 18.9 Å². The van der Waals surface area contributed by atoms with Crippen molar-refractivity contribution in [1.82, 2.24) is 4.57 Å². The van der Waals surface area contributed by atoms with Crippen LogP contribution in [0.2, 0.25) is 10.0 Å². The first kappa shape index (κ1) is 31.1. The third kappa shape index (κ3) is 6.19. The van der Waals surface area contributed by atoms with Gasteiger partial charge >= 0.3 is 5.97 Å². The average Bonchev–Trinajstić information content (AvgIpc) is 3.29. The molecule has 43 heavy (non-hydrogen) atoms. The van der Waals surface area contributed by atoms with E-state index in [9.17, 15) is 9.59 Å². The molecule has 8 nitrogen and oxygen atoms in total. The molecule has 222 valence electrons. The van der Waals surface area contributed by atoms with Gasteiger partial charge in [-0.1, -0.05) is 52.7 Å². The molecule has 0 amide bonds. The number of esters is 1. The van der Waals surface area contributed by atoms with Gasteiger partial charge in [-0.2, -0.15) is 0 Å². The standard InChI is InChI=1S/C31H25Cl2IN2O6S/c1-16-26(30(38)41-4)27(20-14-19(32)9-10-23(20)39-2)36-29(37)25(43-31(36)35-16)13-17-11-22(34)28(24(12-17)40-3)42-15-18-7-5-6-8-21(18)33/h5-14,27H,15H2,1-4H3/b25-13-/t27-/m0/s1. The van der Waals surface area contributed by atoms with Crippen LogP contribution in [0.25, 0.3) is 6.08 Å². The van der Waals surface area contributed by atoms with E-state index in [4.69, 9.17) is 42.1 Å². The summed E-state index contributed by atoms with van der Waals surface area (Å²) in [5, 5.41) is 1.04. The fourth-order valence-electron chi connectivity index (χ4n) is 4.79. The largest absolute Gasteiger partial charge is 0.496 e. The van der Waals surface area contributed by atoms with Crippen LogP contribution in [0.1, 0.15) is 29.7 Å². The number of benzene rings is 3. The number of rotatable bonds is 8. The SMILES string of the molecule is COC(=O)C1=C(C)N=c2s/c(=C\c3cc(I)c(OCc4ccccc4Cl)c(OC)c3)c(=O)n2[C@H]1c1cc(Cl)ccc1OC. The first-order chi connectivity index (χ1) is 20.7. The number of halogens is 3. The fraction of sp³-hybridized carbons (Fsp3) is 0.194. The molecule has 0 fully saturated rings. The number of hydrogen-bond acceptors (Lipinski definition) is 8. The van der Waals surface area contributed by atoms with Gasteiger partial charge in [0.1, 0.15) is 18.4 Å². The molecule has 1 atom stereocenters. The van der Waals surface area contributed by atoms with E-state index < -0.39 is 12.0 Å². The lowest BCUT2D eigenvalue weighted by molar-refractivity contribution is -0.136. The van der Waals surface area contributed by atoms with Gasteiger partial charge in [0.05, 0.1) is 40.7 Å². The lowest BCUT2D eigenvalue weighted by Gasteiger charge is -2.25. The monoisotopic (exact) mass is 750 g/mol. The van der Waals surface area contributed by atoms with Crippen molar-refractivity contribution in [2.45, 2.75) is 19.6 Å². The summed E-state index contributed by atoms with van der Waals surface area (Å²) in [6, 6.07) is 15.3. The zero-order valence-electron chi connectivity index (χ0n) is 23.4. The van der Waals surface area contributed by atoms with Gasteiger partial charge in [0, 0.05) is 21.2 Å². The van der Waals surface area contributed by atoms with Crippen molar-refractivity contribution < 1.29 is 23.7 Å². The van der Waals surface area contributed by atoms with E-state index in [-0.39, 0.29) is 17.7 Å². The predicted molar refractivity (Wildman–Crippen MR) is 175 cm³/mol. The molecule has 0 aliphatic carbocycles. The average molecular weight is 751 g/mol. The lowest BCUT2D eigenvalue weighted by Crippen LogP contribution is -2.40. The Morgan fingerprint density at radius 1 is 1.07 bits per heavy atom. The van der Waals surface area contributed by atoms with Gasteiger partial charge in [-0.05, 0) is 77.6 Å². The van der Waals surface area contributed by atoms with Crippen LogP contribution in [0.15, 0.2) is 75.7 Å². The van der Waals surface area contributed by atoms with Crippen LogP contribution in [0.5, 0.6) is 17.2 Å². The summed E-state index contributed by atoms with van der Waals surface area (Å²) < 4.78 is 25.1. The molecule has 4 aromatic rings. The van der Waals surface area contributed by atoms with E-state index in [0.717, 1.165) is 14.7 Å². The highest BCUT2D eigenvalue weighted by Crippen LogP contribution is 2.38. The number of allylic oxidation sites excluding steroid dienone is 1. The van der Waals surface area contributed by atoms with Crippen molar-refractivity contribution in [2.24, 2.45) is 4.99 Å². The molecule has 0 spiro atoms. The predicted octanol–water partition coefficient (Wildman–Crippen LogP) is 5.92. The summed E-state index contributed by atoms with van der Waals surface area (Å²) in [4.78, 5) is 32.0. The summed E-state index contributed by atoms with van der Waals surface area (Å²) in [6.45, 7) is 1.97. The summed E-state index contributed by atoms with van der Waals surface area (Å²) in [7, 11) is 4.36. The van der Waals surface area contributed by atoms with Gasteiger partial charge in [0.15, 0.2) is 16.3 Å². The highest BCUT2D eigenvalue weighted by molar-refractivity contribution is 14.1. The number of aromatic nitrogens is 1. The molecule has 12 heteroatoms. The van der Waals surface area contributed by atoms with Crippen molar-refractivity contribution in [3.8, 4) is 17.2 Å². The second kappa shape index (κ2) is 13.1. The maximum absolute atomic E-state index is 14.0. The minimum absolute atomic E-state index is 0.221. The van der Waals surface area contributed by atoms with Crippen molar-refractivity contribution in [3.05, 3.63) is 116 Å².